The molecule has 1 unspecified atom stereocenters. The van der Waals surface area contributed by atoms with Gasteiger partial charge in [-0.05, 0) is 54.8 Å². The SMILES string of the molecule is CCCNCC(Cc1ccc(CC)cc1)C(C)(C)C. The molecule has 1 nitrogen and oxygen atoms in total. The van der Waals surface area contributed by atoms with Gasteiger partial charge < -0.3 is 5.32 Å². The predicted octanol–water partition coefficient (Wildman–Crippen LogP) is 4.45. The van der Waals surface area contributed by atoms with Crippen LogP contribution in [0.2, 0.25) is 0 Å². The molecule has 1 rings (SSSR count). The maximum atomic E-state index is 3.58. The summed E-state index contributed by atoms with van der Waals surface area (Å²) in [6.07, 6.45) is 3.51. The first-order chi connectivity index (χ1) is 8.97. The van der Waals surface area contributed by atoms with Gasteiger partial charge in [0.15, 0.2) is 0 Å². The van der Waals surface area contributed by atoms with E-state index in [9.17, 15) is 0 Å². The maximum absolute atomic E-state index is 3.58. The Hall–Kier alpha value is -0.820. The molecule has 1 heteroatoms. The van der Waals surface area contributed by atoms with Crippen molar-refractivity contribution >= 4 is 0 Å². The summed E-state index contributed by atoms with van der Waals surface area (Å²) in [6, 6.07) is 9.15. The van der Waals surface area contributed by atoms with E-state index in [2.05, 4.69) is 64.2 Å². The standard InChI is InChI=1S/C18H31N/c1-6-12-19-14-17(18(3,4)5)13-16-10-8-15(7-2)9-11-16/h8-11,17,19H,6-7,12-14H2,1-5H3. The van der Waals surface area contributed by atoms with Gasteiger partial charge in [-0.3, -0.25) is 0 Å². The van der Waals surface area contributed by atoms with Gasteiger partial charge in [-0.2, -0.15) is 0 Å². The van der Waals surface area contributed by atoms with Gasteiger partial charge in [0.1, 0.15) is 0 Å². The molecule has 0 spiro atoms. The molecule has 0 aliphatic carbocycles. The summed E-state index contributed by atoms with van der Waals surface area (Å²) in [6.45, 7) is 13.7. The molecule has 0 saturated heterocycles. The summed E-state index contributed by atoms with van der Waals surface area (Å²) in [7, 11) is 0. The van der Waals surface area contributed by atoms with E-state index in [1.165, 1.54) is 24.0 Å². The van der Waals surface area contributed by atoms with Crippen LogP contribution in [0.5, 0.6) is 0 Å². The average Bonchev–Trinajstić information content (AvgIpc) is 2.37. The molecule has 19 heavy (non-hydrogen) atoms. The molecule has 0 heterocycles. The summed E-state index contributed by atoms with van der Waals surface area (Å²) in [5.74, 6) is 0.687. The Balaban J connectivity index is 2.64. The van der Waals surface area contributed by atoms with Crippen LogP contribution in [-0.4, -0.2) is 13.1 Å². The van der Waals surface area contributed by atoms with Crippen LogP contribution >= 0.6 is 0 Å². The van der Waals surface area contributed by atoms with E-state index in [0.717, 1.165) is 19.5 Å². The van der Waals surface area contributed by atoms with E-state index in [1.807, 2.05) is 0 Å². The zero-order valence-electron chi connectivity index (χ0n) is 13.4. The summed E-state index contributed by atoms with van der Waals surface area (Å²) >= 11 is 0. The van der Waals surface area contributed by atoms with Crippen LogP contribution in [0, 0.1) is 11.3 Å². The van der Waals surface area contributed by atoms with Crippen molar-refractivity contribution in [3.05, 3.63) is 35.4 Å². The molecule has 1 aromatic rings. The highest BCUT2D eigenvalue weighted by Gasteiger charge is 2.24. The molecule has 0 bridgehead atoms. The van der Waals surface area contributed by atoms with Crippen LogP contribution in [-0.2, 0) is 12.8 Å². The number of benzene rings is 1. The summed E-state index contributed by atoms with van der Waals surface area (Å²) in [5.41, 5.74) is 3.25. The zero-order valence-corrected chi connectivity index (χ0v) is 13.4. The molecule has 0 aliphatic rings. The molecular formula is C18H31N. The third-order valence-corrected chi connectivity index (χ3v) is 3.96. The molecular weight excluding hydrogens is 230 g/mol. The van der Waals surface area contributed by atoms with Gasteiger partial charge in [0.25, 0.3) is 0 Å². The van der Waals surface area contributed by atoms with Crippen molar-refractivity contribution < 1.29 is 0 Å². The minimum Gasteiger partial charge on any atom is -0.316 e. The number of rotatable bonds is 7. The van der Waals surface area contributed by atoms with Crippen molar-refractivity contribution in [1.29, 1.82) is 0 Å². The van der Waals surface area contributed by atoms with E-state index in [1.54, 1.807) is 0 Å². The zero-order chi connectivity index (χ0) is 14.3. The second-order valence-corrected chi connectivity index (χ2v) is 6.64. The minimum atomic E-state index is 0.351. The molecule has 0 saturated carbocycles. The largest absolute Gasteiger partial charge is 0.316 e. The van der Waals surface area contributed by atoms with E-state index in [-0.39, 0.29) is 0 Å². The van der Waals surface area contributed by atoms with Gasteiger partial charge in [0.05, 0.1) is 0 Å². The Kier molecular flexibility index (Phi) is 6.57. The van der Waals surface area contributed by atoms with Gasteiger partial charge in [-0.15, -0.1) is 0 Å². The fraction of sp³-hybridized carbons (Fsp3) is 0.667. The van der Waals surface area contributed by atoms with Crippen LogP contribution in [0.3, 0.4) is 0 Å². The monoisotopic (exact) mass is 261 g/mol. The lowest BCUT2D eigenvalue weighted by Crippen LogP contribution is -2.33. The Labute approximate surface area is 119 Å². The predicted molar refractivity (Wildman–Crippen MR) is 85.6 cm³/mol. The number of hydrogen-bond acceptors (Lipinski definition) is 1. The van der Waals surface area contributed by atoms with Gasteiger partial charge in [0.2, 0.25) is 0 Å². The summed E-state index contributed by atoms with van der Waals surface area (Å²) in [5, 5.41) is 3.58. The first kappa shape index (κ1) is 16.2. The molecule has 0 aromatic heterocycles. The van der Waals surface area contributed by atoms with Crippen molar-refractivity contribution in [2.45, 2.75) is 53.9 Å². The highest BCUT2D eigenvalue weighted by molar-refractivity contribution is 5.23. The molecule has 0 amide bonds. The van der Waals surface area contributed by atoms with Crippen molar-refractivity contribution in [1.82, 2.24) is 5.32 Å². The Morgan fingerprint density at radius 2 is 1.58 bits per heavy atom. The third kappa shape index (κ3) is 5.78. The molecule has 0 aliphatic heterocycles. The lowest BCUT2D eigenvalue weighted by molar-refractivity contribution is 0.231. The topological polar surface area (TPSA) is 12.0 Å². The number of nitrogens with one attached hydrogen (secondary N) is 1. The van der Waals surface area contributed by atoms with Crippen LogP contribution in [0.25, 0.3) is 0 Å². The Morgan fingerprint density at radius 1 is 1.00 bits per heavy atom. The quantitative estimate of drug-likeness (QED) is 0.715. The second kappa shape index (κ2) is 7.69. The van der Waals surface area contributed by atoms with Gasteiger partial charge >= 0.3 is 0 Å². The molecule has 0 radical (unpaired) electrons. The van der Waals surface area contributed by atoms with Crippen LogP contribution in [0.1, 0.15) is 52.2 Å². The highest BCUT2D eigenvalue weighted by Crippen LogP contribution is 2.28. The summed E-state index contributed by atoms with van der Waals surface area (Å²) in [4.78, 5) is 0. The Bertz CT molecular complexity index is 345. The molecule has 108 valence electrons. The van der Waals surface area contributed by atoms with Crippen LogP contribution < -0.4 is 5.32 Å². The van der Waals surface area contributed by atoms with E-state index >= 15 is 0 Å². The van der Waals surface area contributed by atoms with Crippen molar-refractivity contribution in [3.8, 4) is 0 Å². The van der Waals surface area contributed by atoms with Crippen molar-refractivity contribution in [3.63, 3.8) is 0 Å². The lowest BCUT2D eigenvalue weighted by atomic mass is 9.77. The average molecular weight is 261 g/mol. The molecule has 1 atom stereocenters. The molecule has 1 N–H and O–H groups in total. The van der Waals surface area contributed by atoms with Gasteiger partial charge in [-0.25, -0.2) is 0 Å². The van der Waals surface area contributed by atoms with Crippen molar-refractivity contribution in [2.75, 3.05) is 13.1 Å². The third-order valence-electron chi connectivity index (χ3n) is 3.96. The van der Waals surface area contributed by atoms with E-state index in [4.69, 9.17) is 0 Å². The van der Waals surface area contributed by atoms with Crippen LogP contribution in [0.4, 0.5) is 0 Å². The fourth-order valence-corrected chi connectivity index (χ4v) is 2.33. The van der Waals surface area contributed by atoms with E-state index < -0.39 is 0 Å². The number of aryl methyl sites for hydroxylation is 1. The molecule has 1 aromatic carbocycles. The van der Waals surface area contributed by atoms with Crippen molar-refractivity contribution in [2.24, 2.45) is 11.3 Å². The first-order valence-corrected chi connectivity index (χ1v) is 7.75. The summed E-state index contributed by atoms with van der Waals surface area (Å²) < 4.78 is 0. The Morgan fingerprint density at radius 3 is 2.05 bits per heavy atom. The first-order valence-electron chi connectivity index (χ1n) is 7.75. The second-order valence-electron chi connectivity index (χ2n) is 6.64. The van der Waals surface area contributed by atoms with Gasteiger partial charge in [-0.1, -0.05) is 58.9 Å². The van der Waals surface area contributed by atoms with Crippen LogP contribution in [0.15, 0.2) is 24.3 Å². The maximum Gasteiger partial charge on any atom is -0.00123 e. The van der Waals surface area contributed by atoms with Gasteiger partial charge in [0, 0.05) is 0 Å². The van der Waals surface area contributed by atoms with E-state index in [0.29, 0.717) is 11.3 Å². The number of hydrogen-bond donors (Lipinski definition) is 1. The normalized spacial score (nSPS) is 13.5. The highest BCUT2D eigenvalue weighted by atomic mass is 14.9. The minimum absolute atomic E-state index is 0.351. The fourth-order valence-electron chi connectivity index (χ4n) is 2.33. The lowest BCUT2D eigenvalue weighted by Gasteiger charge is -2.31. The molecule has 0 fully saturated rings. The smallest absolute Gasteiger partial charge is 0.00123 e.